The van der Waals surface area contributed by atoms with Crippen LogP contribution in [0.1, 0.15) is 11.7 Å². The Hall–Kier alpha value is -2.47. The van der Waals surface area contributed by atoms with Gasteiger partial charge in [0.15, 0.2) is 5.03 Å². The quantitative estimate of drug-likeness (QED) is 0.541. The van der Waals surface area contributed by atoms with Crippen LogP contribution in [0, 0.1) is 0 Å². The third-order valence-corrected chi connectivity index (χ3v) is 6.52. The highest BCUT2D eigenvalue weighted by molar-refractivity contribution is 8.45. The normalized spacial score (nSPS) is 15.3. The van der Waals surface area contributed by atoms with Gasteiger partial charge in [-0.25, -0.2) is 8.42 Å². The van der Waals surface area contributed by atoms with Crippen molar-refractivity contribution in [2.24, 2.45) is 0 Å². The van der Waals surface area contributed by atoms with Gasteiger partial charge in [-0.05, 0) is 30.3 Å². The van der Waals surface area contributed by atoms with Gasteiger partial charge in [-0.1, -0.05) is 37.6 Å². The predicted molar refractivity (Wildman–Crippen MR) is 89.3 cm³/mol. The standard InChI is InChI=1S/C15H11F5N2O3S2/c1-10(23)22-14-8-7-12(27(16,17,18,19)20)9-13(14)15(21-22)26(24,25)11-5-3-2-4-6-11/h2-9H,1H3. The number of hydrogen-bond donors (Lipinski definition) is 0. The number of halogens is 5. The molecule has 0 saturated heterocycles. The molecule has 0 atom stereocenters. The van der Waals surface area contributed by atoms with Crippen molar-refractivity contribution in [3.63, 3.8) is 0 Å². The Morgan fingerprint density at radius 1 is 1.00 bits per heavy atom. The summed E-state index contributed by atoms with van der Waals surface area (Å²) in [6, 6.07) is 7.31. The van der Waals surface area contributed by atoms with Crippen molar-refractivity contribution < 1.29 is 32.6 Å². The molecule has 0 amide bonds. The zero-order valence-corrected chi connectivity index (χ0v) is 15.1. The highest BCUT2D eigenvalue weighted by Gasteiger charge is 2.65. The average molecular weight is 426 g/mol. The predicted octanol–water partition coefficient (Wildman–Crippen LogP) is 5.19. The van der Waals surface area contributed by atoms with E-state index in [0.29, 0.717) is 10.7 Å². The fourth-order valence-electron chi connectivity index (χ4n) is 2.46. The van der Waals surface area contributed by atoms with Crippen molar-refractivity contribution in [2.75, 3.05) is 0 Å². The number of sulfone groups is 1. The highest BCUT2D eigenvalue weighted by Crippen LogP contribution is 3.02. The van der Waals surface area contributed by atoms with Gasteiger partial charge in [-0.2, -0.15) is 9.78 Å². The Balaban J connectivity index is 2.42. The fourth-order valence-corrected chi connectivity index (χ4v) is 4.51. The Morgan fingerprint density at radius 3 is 2.11 bits per heavy atom. The molecule has 27 heavy (non-hydrogen) atoms. The van der Waals surface area contributed by atoms with E-state index < -0.39 is 41.3 Å². The zero-order chi connectivity index (χ0) is 20.3. The summed E-state index contributed by atoms with van der Waals surface area (Å²) in [6.45, 7) is 1.00. The molecule has 12 heteroatoms. The minimum absolute atomic E-state index is 0.0130. The Morgan fingerprint density at radius 2 is 1.59 bits per heavy atom. The average Bonchev–Trinajstić information content (AvgIpc) is 2.93. The molecule has 0 N–H and O–H groups in total. The first-order valence-corrected chi connectivity index (χ1v) is 10.6. The second kappa shape index (κ2) is 5.07. The number of nitrogens with zero attached hydrogens (tertiary/aromatic N) is 2. The van der Waals surface area contributed by atoms with Crippen LogP contribution in [0.5, 0.6) is 0 Å². The van der Waals surface area contributed by atoms with Gasteiger partial charge in [0.05, 0.1) is 10.4 Å². The van der Waals surface area contributed by atoms with E-state index in [1.807, 2.05) is 0 Å². The lowest BCUT2D eigenvalue weighted by atomic mass is 10.2. The van der Waals surface area contributed by atoms with E-state index >= 15 is 0 Å². The summed E-state index contributed by atoms with van der Waals surface area (Å²) in [5.74, 6) is -0.797. The van der Waals surface area contributed by atoms with Crippen LogP contribution >= 0.6 is 10.2 Å². The van der Waals surface area contributed by atoms with Crippen LogP contribution in [0.25, 0.3) is 10.9 Å². The van der Waals surface area contributed by atoms with Crippen molar-refractivity contribution in [1.29, 1.82) is 0 Å². The number of benzene rings is 2. The van der Waals surface area contributed by atoms with Crippen LogP contribution in [0.2, 0.25) is 0 Å². The SMILES string of the molecule is CC(=O)n1nc(S(=O)(=O)c2ccccc2)c2cc(S(F)(F)(F)(F)F)ccc21. The lowest BCUT2D eigenvalue weighted by Gasteiger charge is -2.40. The summed E-state index contributed by atoms with van der Waals surface area (Å²) in [5.41, 5.74) is -0.331. The molecule has 0 unspecified atom stereocenters. The highest BCUT2D eigenvalue weighted by atomic mass is 32.5. The summed E-state index contributed by atoms with van der Waals surface area (Å²) in [6.07, 6.45) is 0. The largest absolute Gasteiger partial charge is 0.310 e. The molecule has 5 nitrogen and oxygen atoms in total. The Labute approximate surface area is 150 Å². The molecule has 0 radical (unpaired) electrons. The lowest BCUT2D eigenvalue weighted by molar-refractivity contribution is 0.0925. The molecule has 146 valence electrons. The second-order valence-electron chi connectivity index (χ2n) is 5.70. The van der Waals surface area contributed by atoms with Gasteiger partial charge in [-0.15, -0.1) is 0 Å². The molecule has 0 bridgehead atoms. The van der Waals surface area contributed by atoms with Crippen molar-refractivity contribution in [1.82, 2.24) is 9.78 Å². The number of fused-ring (bicyclic) bond motifs is 1. The number of aromatic nitrogens is 2. The third kappa shape index (κ3) is 3.41. The minimum atomic E-state index is -10.1. The molecule has 0 spiro atoms. The first-order valence-electron chi connectivity index (χ1n) is 7.19. The third-order valence-electron chi connectivity index (χ3n) is 3.67. The summed E-state index contributed by atoms with van der Waals surface area (Å²) in [5, 5.41) is 1.95. The zero-order valence-electron chi connectivity index (χ0n) is 13.4. The molecule has 3 rings (SSSR count). The topological polar surface area (TPSA) is 69.0 Å². The summed E-state index contributed by atoms with van der Waals surface area (Å²) < 4.78 is 91.8. The fraction of sp³-hybridized carbons (Fsp3) is 0.0667. The van der Waals surface area contributed by atoms with Gasteiger partial charge in [0.25, 0.3) is 0 Å². The molecule has 0 saturated carbocycles. The smallest absolute Gasteiger partial charge is 0.273 e. The van der Waals surface area contributed by atoms with Gasteiger partial charge in [0, 0.05) is 12.3 Å². The van der Waals surface area contributed by atoms with E-state index in [-0.39, 0.29) is 22.5 Å². The van der Waals surface area contributed by atoms with E-state index in [4.69, 9.17) is 0 Å². The van der Waals surface area contributed by atoms with Gasteiger partial charge in [0.2, 0.25) is 15.7 Å². The van der Waals surface area contributed by atoms with Gasteiger partial charge >= 0.3 is 10.2 Å². The van der Waals surface area contributed by atoms with Crippen LogP contribution < -0.4 is 0 Å². The van der Waals surface area contributed by atoms with Crippen LogP contribution in [-0.4, -0.2) is 24.1 Å². The van der Waals surface area contributed by atoms with E-state index in [2.05, 4.69) is 5.10 Å². The van der Waals surface area contributed by atoms with Crippen LogP contribution in [0.3, 0.4) is 0 Å². The molecule has 1 aromatic heterocycles. The molecule has 2 aromatic carbocycles. The van der Waals surface area contributed by atoms with E-state index in [1.165, 1.54) is 30.3 Å². The number of hydrogen-bond acceptors (Lipinski definition) is 4. The van der Waals surface area contributed by atoms with E-state index in [9.17, 15) is 32.6 Å². The first-order chi connectivity index (χ1) is 12.1. The number of rotatable bonds is 3. The van der Waals surface area contributed by atoms with Crippen molar-refractivity contribution in [3.8, 4) is 0 Å². The maximum absolute atomic E-state index is 13.1. The molecule has 0 aliphatic heterocycles. The second-order valence-corrected chi connectivity index (χ2v) is 9.97. The Bertz CT molecular complexity index is 1190. The van der Waals surface area contributed by atoms with Crippen molar-refractivity contribution in [2.45, 2.75) is 21.7 Å². The van der Waals surface area contributed by atoms with Gasteiger partial charge in [0.1, 0.15) is 4.90 Å². The molecule has 0 aliphatic rings. The van der Waals surface area contributed by atoms with Crippen molar-refractivity contribution in [3.05, 3.63) is 48.5 Å². The summed E-state index contributed by atoms with van der Waals surface area (Å²) >= 11 is 0. The Kier molecular flexibility index (Phi) is 3.62. The van der Waals surface area contributed by atoms with E-state index in [1.54, 1.807) is 0 Å². The maximum atomic E-state index is 13.1. The summed E-state index contributed by atoms with van der Waals surface area (Å²) in [7, 11) is -14.5. The van der Waals surface area contributed by atoms with Crippen LogP contribution in [0.15, 0.2) is 63.3 Å². The monoisotopic (exact) mass is 426 g/mol. The van der Waals surface area contributed by atoms with Crippen LogP contribution in [-0.2, 0) is 9.84 Å². The molecular weight excluding hydrogens is 415 g/mol. The molecule has 1 heterocycles. The van der Waals surface area contributed by atoms with Crippen molar-refractivity contribution >= 4 is 36.9 Å². The molecule has 0 aliphatic carbocycles. The van der Waals surface area contributed by atoms with E-state index in [0.717, 1.165) is 6.92 Å². The number of carbonyl (C=O) groups excluding carboxylic acids is 1. The van der Waals surface area contributed by atoms with Gasteiger partial charge < -0.3 is 0 Å². The number of carbonyl (C=O) groups is 1. The maximum Gasteiger partial charge on any atom is 0.310 e. The molecule has 0 fully saturated rings. The van der Waals surface area contributed by atoms with Gasteiger partial charge in [-0.3, -0.25) is 4.79 Å². The molecule has 3 aromatic rings. The summed E-state index contributed by atoms with van der Waals surface area (Å²) in [4.78, 5) is 9.11. The minimum Gasteiger partial charge on any atom is -0.273 e. The van der Waals surface area contributed by atoms with Crippen LogP contribution in [0.4, 0.5) is 19.4 Å². The first kappa shape index (κ1) is 19.3. The molecular formula is C15H11F5N2O3S2. The lowest BCUT2D eigenvalue weighted by Crippen LogP contribution is -2.09.